The molecular weight excluding hydrogens is 310 g/mol. The van der Waals surface area contributed by atoms with Crippen LogP contribution in [0.3, 0.4) is 0 Å². The molecule has 0 spiro atoms. The Balaban J connectivity index is 1.68. The van der Waals surface area contributed by atoms with Gasteiger partial charge in [-0.25, -0.2) is 4.98 Å². The molecule has 0 aliphatic carbocycles. The number of phenols is 1. The number of benzene rings is 2. The van der Waals surface area contributed by atoms with Gasteiger partial charge in [-0.2, -0.15) is 0 Å². The molecular formula is C17H17N3O2S. The minimum absolute atomic E-state index is 0.101. The summed E-state index contributed by atoms with van der Waals surface area (Å²) in [6.07, 6.45) is 0. The number of aromatic hydroxyl groups is 1. The van der Waals surface area contributed by atoms with E-state index in [-0.39, 0.29) is 17.4 Å². The van der Waals surface area contributed by atoms with Crippen molar-refractivity contribution in [1.82, 2.24) is 9.55 Å². The molecule has 3 rings (SSSR count). The summed E-state index contributed by atoms with van der Waals surface area (Å²) >= 11 is 1.42. The lowest BCUT2D eigenvalue weighted by Gasteiger charge is -2.07. The summed E-state index contributed by atoms with van der Waals surface area (Å²) in [5, 5.41) is 12.9. The number of rotatable bonds is 5. The lowest BCUT2D eigenvalue weighted by Crippen LogP contribution is -2.14. The molecule has 0 saturated heterocycles. The van der Waals surface area contributed by atoms with Crippen LogP contribution in [0, 0.1) is 0 Å². The molecule has 2 aromatic carbocycles. The monoisotopic (exact) mass is 327 g/mol. The summed E-state index contributed by atoms with van der Waals surface area (Å²) < 4.78 is 2.10. The number of nitrogens with one attached hydrogen (secondary N) is 1. The number of hydrogen-bond acceptors (Lipinski definition) is 4. The van der Waals surface area contributed by atoms with Crippen LogP contribution in [0.15, 0.2) is 53.7 Å². The highest BCUT2D eigenvalue weighted by atomic mass is 32.2. The van der Waals surface area contributed by atoms with Crippen molar-refractivity contribution < 1.29 is 9.90 Å². The smallest absolute Gasteiger partial charge is 0.234 e. The minimum Gasteiger partial charge on any atom is -0.508 e. The van der Waals surface area contributed by atoms with Crippen molar-refractivity contribution in [3.63, 3.8) is 0 Å². The fraction of sp³-hybridized carbons (Fsp3) is 0.176. The molecule has 23 heavy (non-hydrogen) atoms. The van der Waals surface area contributed by atoms with Crippen molar-refractivity contribution in [2.45, 2.75) is 18.6 Å². The molecule has 0 atom stereocenters. The zero-order valence-corrected chi connectivity index (χ0v) is 13.5. The average molecular weight is 327 g/mol. The van der Waals surface area contributed by atoms with Crippen LogP contribution in [0.5, 0.6) is 5.75 Å². The zero-order valence-electron chi connectivity index (χ0n) is 12.7. The summed E-state index contributed by atoms with van der Waals surface area (Å²) in [5.74, 6) is 0.355. The van der Waals surface area contributed by atoms with E-state index in [0.717, 1.165) is 22.7 Å². The molecule has 0 radical (unpaired) electrons. The van der Waals surface area contributed by atoms with E-state index in [1.54, 1.807) is 24.3 Å². The maximum absolute atomic E-state index is 12.1. The second-order valence-electron chi connectivity index (χ2n) is 5.01. The topological polar surface area (TPSA) is 67.2 Å². The Morgan fingerprint density at radius 3 is 2.70 bits per heavy atom. The van der Waals surface area contributed by atoms with Gasteiger partial charge in [-0.3, -0.25) is 4.79 Å². The van der Waals surface area contributed by atoms with E-state index in [1.807, 2.05) is 24.3 Å². The van der Waals surface area contributed by atoms with E-state index in [9.17, 15) is 9.90 Å². The van der Waals surface area contributed by atoms with Crippen molar-refractivity contribution >= 4 is 34.4 Å². The number of imidazole rings is 1. The van der Waals surface area contributed by atoms with Crippen molar-refractivity contribution in [1.29, 1.82) is 0 Å². The van der Waals surface area contributed by atoms with Gasteiger partial charge in [0, 0.05) is 12.2 Å². The lowest BCUT2D eigenvalue weighted by molar-refractivity contribution is -0.113. The zero-order chi connectivity index (χ0) is 16.2. The van der Waals surface area contributed by atoms with Crippen molar-refractivity contribution in [3.8, 4) is 5.75 Å². The highest BCUT2D eigenvalue weighted by Crippen LogP contribution is 2.24. The van der Waals surface area contributed by atoms with E-state index in [0.29, 0.717) is 5.69 Å². The molecule has 6 heteroatoms. The Morgan fingerprint density at radius 1 is 1.22 bits per heavy atom. The van der Waals surface area contributed by atoms with Crippen LogP contribution in [-0.4, -0.2) is 26.3 Å². The quantitative estimate of drug-likeness (QED) is 0.556. The third-order valence-corrected chi connectivity index (χ3v) is 4.40. The number of thioether (sulfide) groups is 1. The molecule has 0 fully saturated rings. The van der Waals surface area contributed by atoms with E-state index in [2.05, 4.69) is 21.8 Å². The number of phenolic OH excluding ortho intramolecular Hbond substituents is 1. The van der Waals surface area contributed by atoms with Crippen LogP contribution < -0.4 is 5.32 Å². The van der Waals surface area contributed by atoms with Crippen LogP contribution >= 0.6 is 11.8 Å². The van der Waals surface area contributed by atoms with Gasteiger partial charge in [0.2, 0.25) is 5.91 Å². The highest BCUT2D eigenvalue weighted by Gasteiger charge is 2.11. The predicted octanol–water partition coefficient (Wildman–Crippen LogP) is 3.49. The number of fused-ring (bicyclic) bond motifs is 1. The number of aryl methyl sites for hydroxylation is 1. The summed E-state index contributed by atoms with van der Waals surface area (Å²) in [7, 11) is 0. The molecule has 2 N–H and O–H groups in total. The van der Waals surface area contributed by atoms with Gasteiger partial charge in [-0.15, -0.1) is 0 Å². The molecule has 0 unspecified atom stereocenters. The average Bonchev–Trinajstić information content (AvgIpc) is 2.92. The molecule has 0 aliphatic heterocycles. The first-order valence-corrected chi connectivity index (χ1v) is 8.33. The van der Waals surface area contributed by atoms with Gasteiger partial charge >= 0.3 is 0 Å². The molecule has 5 nitrogen and oxygen atoms in total. The molecule has 1 heterocycles. The molecule has 3 aromatic rings. The van der Waals surface area contributed by atoms with Crippen LogP contribution in [0.1, 0.15) is 6.92 Å². The number of aromatic nitrogens is 2. The van der Waals surface area contributed by atoms with E-state index >= 15 is 0 Å². The number of anilines is 1. The van der Waals surface area contributed by atoms with Crippen molar-refractivity contribution in [2.75, 3.05) is 11.1 Å². The first-order chi connectivity index (χ1) is 11.2. The number of para-hydroxylation sites is 2. The fourth-order valence-corrected chi connectivity index (χ4v) is 3.22. The molecule has 118 valence electrons. The van der Waals surface area contributed by atoms with E-state index in [4.69, 9.17) is 0 Å². The standard InChI is InChI=1S/C17H17N3O2S/c1-2-20-15-6-4-3-5-14(15)19-17(20)23-11-16(22)18-12-7-9-13(21)10-8-12/h3-10,21H,2,11H2,1H3,(H,18,22). The molecule has 0 bridgehead atoms. The highest BCUT2D eigenvalue weighted by molar-refractivity contribution is 7.99. The van der Waals surface area contributed by atoms with Crippen LogP contribution in [0.4, 0.5) is 5.69 Å². The third-order valence-electron chi connectivity index (χ3n) is 3.42. The first kappa shape index (κ1) is 15.4. The summed E-state index contributed by atoms with van der Waals surface area (Å²) in [4.78, 5) is 16.6. The minimum atomic E-state index is -0.101. The van der Waals surface area contributed by atoms with Gasteiger partial charge in [0.05, 0.1) is 16.8 Å². The maximum atomic E-state index is 12.1. The van der Waals surface area contributed by atoms with Gasteiger partial charge in [0.15, 0.2) is 5.16 Å². The van der Waals surface area contributed by atoms with Gasteiger partial charge in [0.1, 0.15) is 5.75 Å². The molecule has 0 saturated carbocycles. The van der Waals surface area contributed by atoms with Crippen LogP contribution in [-0.2, 0) is 11.3 Å². The lowest BCUT2D eigenvalue weighted by atomic mass is 10.3. The Kier molecular flexibility index (Phi) is 4.52. The Bertz CT molecular complexity index is 827. The summed E-state index contributed by atoms with van der Waals surface area (Å²) in [5.41, 5.74) is 2.68. The third kappa shape index (κ3) is 3.48. The summed E-state index contributed by atoms with van der Waals surface area (Å²) in [6, 6.07) is 14.4. The van der Waals surface area contributed by atoms with Crippen molar-refractivity contribution in [2.24, 2.45) is 0 Å². The van der Waals surface area contributed by atoms with Crippen LogP contribution in [0.25, 0.3) is 11.0 Å². The fourth-order valence-electron chi connectivity index (χ4n) is 2.34. The molecule has 1 amide bonds. The first-order valence-electron chi connectivity index (χ1n) is 7.34. The molecule has 1 aromatic heterocycles. The number of carbonyl (C=O) groups excluding carboxylic acids is 1. The van der Waals surface area contributed by atoms with Gasteiger partial charge in [-0.05, 0) is 43.3 Å². The van der Waals surface area contributed by atoms with E-state index < -0.39 is 0 Å². The Labute approximate surface area is 138 Å². The van der Waals surface area contributed by atoms with Gasteiger partial charge in [-0.1, -0.05) is 23.9 Å². The Hall–Kier alpha value is -2.47. The van der Waals surface area contributed by atoms with Crippen LogP contribution in [0.2, 0.25) is 0 Å². The number of carbonyl (C=O) groups is 1. The van der Waals surface area contributed by atoms with Gasteiger partial charge in [0.25, 0.3) is 0 Å². The second-order valence-corrected chi connectivity index (χ2v) is 5.95. The largest absolute Gasteiger partial charge is 0.508 e. The number of hydrogen-bond donors (Lipinski definition) is 2. The Morgan fingerprint density at radius 2 is 1.96 bits per heavy atom. The number of nitrogens with zero attached hydrogens (tertiary/aromatic N) is 2. The second kappa shape index (κ2) is 6.75. The van der Waals surface area contributed by atoms with Crippen molar-refractivity contribution in [3.05, 3.63) is 48.5 Å². The van der Waals surface area contributed by atoms with Gasteiger partial charge < -0.3 is 15.0 Å². The number of amides is 1. The normalized spacial score (nSPS) is 10.8. The molecule has 0 aliphatic rings. The summed E-state index contributed by atoms with van der Waals surface area (Å²) in [6.45, 7) is 2.87. The SMILES string of the molecule is CCn1c(SCC(=O)Nc2ccc(O)cc2)nc2ccccc21. The maximum Gasteiger partial charge on any atom is 0.234 e. The van der Waals surface area contributed by atoms with E-state index in [1.165, 1.54) is 11.8 Å². The predicted molar refractivity (Wildman–Crippen MR) is 92.9 cm³/mol.